The first kappa shape index (κ1) is 25.4. The van der Waals surface area contributed by atoms with Crippen molar-refractivity contribution in [3.63, 3.8) is 0 Å². The van der Waals surface area contributed by atoms with Gasteiger partial charge in [-0.2, -0.15) is 0 Å². The molecule has 6 nitrogen and oxygen atoms in total. The number of ether oxygens (including phenoxy) is 2. The highest BCUT2D eigenvalue weighted by molar-refractivity contribution is 5.81. The van der Waals surface area contributed by atoms with E-state index in [2.05, 4.69) is 15.6 Å². The molecule has 1 aliphatic heterocycles. The maximum Gasteiger partial charge on any atom is 0.270 e. The van der Waals surface area contributed by atoms with Crippen LogP contribution in [0.4, 0.5) is 17.6 Å². The topological polar surface area (TPSA) is 72.5 Å². The molecule has 1 amide bonds. The zero-order chi connectivity index (χ0) is 25.0. The van der Waals surface area contributed by atoms with Crippen molar-refractivity contribution in [3.8, 4) is 17.0 Å². The number of pyridine rings is 1. The highest BCUT2D eigenvalue weighted by Gasteiger charge is 2.49. The predicted octanol–water partition coefficient (Wildman–Crippen LogP) is 4.02. The first-order valence-corrected chi connectivity index (χ1v) is 11.8. The number of methoxy groups -OCH3 is 1. The van der Waals surface area contributed by atoms with E-state index in [0.29, 0.717) is 18.4 Å². The van der Waals surface area contributed by atoms with Crippen LogP contribution >= 0.6 is 0 Å². The van der Waals surface area contributed by atoms with E-state index in [4.69, 9.17) is 9.47 Å². The Morgan fingerprint density at radius 1 is 1.17 bits per heavy atom. The zero-order valence-electron chi connectivity index (χ0n) is 19.5. The number of hydrogen-bond acceptors (Lipinski definition) is 5. The molecule has 2 heterocycles. The lowest BCUT2D eigenvalue weighted by molar-refractivity contribution is -0.154. The number of carbonyl (C=O) groups is 1. The molecule has 2 fully saturated rings. The molecule has 0 spiro atoms. The fraction of sp³-hybridized carbons (Fsp3) is 0.520. The third-order valence-electron chi connectivity index (χ3n) is 6.47. The maximum atomic E-state index is 14.9. The second kappa shape index (κ2) is 10.9. The quantitative estimate of drug-likeness (QED) is 0.568. The summed E-state index contributed by atoms with van der Waals surface area (Å²) in [6, 6.07) is 3.01. The van der Waals surface area contributed by atoms with E-state index < -0.39 is 35.6 Å². The molecule has 2 aromatic rings. The Bertz CT molecular complexity index is 1030. The summed E-state index contributed by atoms with van der Waals surface area (Å²) in [6.07, 6.45) is 2.11. The van der Waals surface area contributed by atoms with Crippen molar-refractivity contribution < 1.29 is 31.8 Å². The number of alkyl halides is 2. The SMILES string of the molecule is COc1c(CC(=O)N[C@@H]2[C@@H](OC3CCNCC3)CCCC2(F)F)ccnc1-c1cc(F)cc(F)c1. The lowest BCUT2D eigenvalue weighted by atomic mass is 9.88. The van der Waals surface area contributed by atoms with E-state index >= 15 is 0 Å². The minimum absolute atomic E-state index is 0.121. The van der Waals surface area contributed by atoms with Crippen molar-refractivity contribution in [1.29, 1.82) is 0 Å². The minimum Gasteiger partial charge on any atom is -0.494 e. The highest BCUT2D eigenvalue weighted by atomic mass is 19.3. The van der Waals surface area contributed by atoms with E-state index in [9.17, 15) is 22.4 Å². The smallest absolute Gasteiger partial charge is 0.270 e. The van der Waals surface area contributed by atoms with E-state index in [1.165, 1.54) is 19.4 Å². The van der Waals surface area contributed by atoms with Crippen molar-refractivity contribution in [3.05, 3.63) is 47.7 Å². The molecule has 2 atom stereocenters. The van der Waals surface area contributed by atoms with Gasteiger partial charge in [-0.25, -0.2) is 17.6 Å². The fourth-order valence-corrected chi connectivity index (χ4v) is 4.81. The van der Waals surface area contributed by atoms with Gasteiger partial charge >= 0.3 is 0 Å². The minimum atomic E-state index is -3.10. The van der Waals surface area contributed by atoms with Crippen LogP contribution in [0.5, 0.6) is 5.75 Å². The van der Waals surface area contributed by atoms with Gasteiger partial charge in [0.15, 0.2) is 0 Å². The summed E-state index contributed by atoms with van der Waals surface area (Å²) in [5.74, 6) is -5.16. The molecular formula is C25H29F4N3O3. The molecule has 2 N–H and O–H groups in total. The van der Waals surface area contributed by atoms with Gasteiger partial charge in [0.2, 0.25) is 5.91 Å². The summed E-state index contributed by atoms with van der Waals surface area (Å²) in [4.78, 5) is 17.1. The van der Waals surface area contributed by atoms with Crippen molar-refractivity contribution in [2.24, 2.45) is 0 Å². The molecule has 0 radical (unpaired) electrons. The lowest BCUT2D eigenvalue weighted by Crippen LogP contribution is -2.58. The van der Waals surface area contributed by atoms with Gasteiger partial charge in [-0.3, -0.25) is 9.78 Å². The van der Waals surface area contributed by atoms with Crippen LogP contribution in [0, 0.1) is 11.6 Å². The van der Waals surface area contributed by atoms with Crippen LogP contribution < -0.4 is 15.4 Å². The Morgan fingerprint density at radius 2 is 1.89 bits per heavy atom. The Kier molecular flexibility index (Phi) is 7.91. The Morgan fingerprint density at radius 3 is 2.57 bits per heavy atom. The van der Waals surface area contributed by atoms with Gasteiger partial charge in [-0.15, -0.1) is 0 Å². The average Bonchev–Trinajstić information content (AvgIpc) is 2.81. The molecule has 1 saturated heterocycles. The molecule has 1 aromatic carbocycles. The van der Waals surface area contributed by atoms with Crippen LogP contribution in [0.15, 0.2) is 30.5 Å². The highest BCUT2D eigenvalue weighted by Crippen LogP contribution is 2.37. The van der Waals surface area contributed by atoms with E-state index in [1.54, 1.807) is 0 Å². The number of aromatic nitrogens is 1. The molecule has 4 rings (SSSR count). The molecule has 1 aromatic heterocycles. The van der Waals surface area contributed by atoms with Crippen molar-refractivity contribution in [2.45, 2.75) is 62.7 Å². The van der Waals surface area contributed by atoms with Gasteiger partial charge in [0, 0.05) is 29.8 Å². The van der Waals surface area contributed by atoms with Crippen molar-refractivity contribution in [2.75, 3.05) is 20.2 Å². The summed E-state index contributed by atoms with van der Waals surface area (Å²) >= 11 is 0. The molecule has 10 heteroatoms. The van der Waals surface area contributed by atoms with Gasteiger partial charge in [-0.1, -0.05) is 0 Å². The molecule has 190 valence electrons. The normalized spacial score (nSPS) is 22.5. The van der Waals surface area contributed by atoms with Crippen LogP contribution in [-0.4, -0.2) is 55.3 Å². The van der Waals surface area contributed by atoms with E-state index in [0.717, 1.165) is 44.1 Å². The summed E-state index contributed by atoms with van der Waals surface area (Å²) in [6.45, 7) is 1.54. The molecule has 1 aliphatic carbocycles. The van der Waals surface area contributed by atoms with Crippen LogP contribution in [0.2, 0.25) is 0 Å². The molecular weight excluding hydrogens is 466 g/mol. The Labute approximate surface area is 201 Å². The monoisotopic (exact) mass is 495 g/mol. The van der Waals surface area contributed by atoms with Crippen molar-refractivity contribution >= 4 is 5.91 Å². The number of halogens is 4. The Hall–Kier alpha value is -2.72. The van der Waals surface area contributed by atoms with Crippen LogP contribution in [-0.2, 0) is 16.0 Å². The molecule has 35 heavy (non-hydrogen) atoms. The maximum absolute atomic E-state index is 14.9. The lowest BCUT2D eigenvalue weighted by Gasteiger charge is -2.40. The molecule has 0 bridgehead atoms. The van der Waals surface area contributed by atoms with Crippen LogP contribution in [0.3, 0.4) is 0 Å². The van der Waals surface area contributed by atoms with Gasteiger partial charge in [0.1, 0.15) is 29.1 Å². The number of nitrogens with one attached hydrogen (secondary N) is 2. The van der Waals surface area contributed by atoms with Gasteiger partial charge in [-0.05, 0) is 57.0 Å². The third-order valence-corrected chi connectivity index (χ3v) is 6.47. The van der Waals surface area contributed by atoms with Crippen LogP contribution in [0.1, 0.15) is 37.7 Å². The van der Waals surface area contributed by atoms with Crippen molar-refractivity contribution in [1.82, 2.24) is 15.6 Å². The first-order valence-electron chi connectivity index (χ1n) is 11.8. The van der Waals surface area contributed by atoms with Gasteiger partial charge in [0.25, 0.3) is 5.92 Å². The summed E-state index contributed by atoms with van der Waals surface area (Å²) in [7, 11) is 1.34. The van der Waals surface area contributed by atoms with Gasteiger partial charge in [0.05, 0.1) is 25.7 Å². The summed E-state index contributed by atoms with van der Waals surface area (Å²) < 4.78 is 68.6. The van der Waals surface area contributed by atoms with E-state index in [1.807, 2.05) is 0 Å². The number of amides is 1. The Balaban J connectivity index is 1.52. The second-order valence-electron chi connectivity index (χ2n) is 9.01. The number of nitrogens with zero attached hydrogens (tertiary/aromatic N) is 1. The first-order chi connectivity index (χ1) is 16.8. The molecule has 1 saturated carbocycles. The number of benzene rings is 1. The molecule has 0 unspecified atom stereocenters. The number of rotatable bonds is 7. The average molecular weight is 496 g/mol. The zero-order valence-corrected chi connectivity index (χ0v) is 19.5. The molecule has 2 aliphatic rings. The van der Waals surface area contributed by atoms with E-state index in [-0.39, 0.29) is 36.0 Å². The fourth-order valence-electron chi connectivity index (χ4n) is 4.81. The number of hydrogen-bond donors (Lipinski definition) is 2. The predicted molar refractivity (Wildman–Crippen MR) is 121 cm³/mol. The number of carbonyl (C=O) groups excluding carboxylic acids is 1. The van der Waals surface area contributed by atoms with Crippen LogP contribution in [0.25, 0.3) is 11.3 Å². The van der Waals surface area contributed by atoms with Gasteiger partial charge < -0.3 is 20.1 Å². The summed E-state index contributed by atoms with van der Waals surface area (Å²) in [5, 5.41) is 5.72. The standard InChI is InChI=1S/C25H29F4N3O3/c1-34-23-15(4-10-31-22(23)16-11-17(26)14-18(27)12-16)13-21(33)32-24-20(3-2-7-25(24,28)29)35-19-5-8-30-9-6-19/h4,10-12,14,19-20,24,30H,2-3,5-9,13H2,1H3,(H,32,33)/t20-,24+/m0/s1. The largest absolute Gasteiger partial charge is 0.494 e. The third kappa shape index (κ3) is 6.10. The second-order valence-corrected chi connectivity index (χ2v) is 9.01. The number of piperidine rings is 1. The summed E-state index contributed by atoms with van der Waals surface area (Å²) in [5.41, 5.74) is 0.636.